The lowest BCUT2D eigenvalue weighted by molar-refractivity contribution is -0.153. The van der Waals surface area contributed by atoms with Crippen molar-refractivity contribution in [2.45, 2.75) is 23.5 Å². The lowest BCUT2D eigenvalue weighted by Gasteiger charge is -2.55. The van der Waals surface area contributed by atoms with Crippen LogP contribution >= 0.6 is 34.8 Å². The van der Waals surface area contributed by atoms with Crippen LogP contribution in [0.4, 0.5) is 11.4 Å². The molecule has 2 saturated heterocycles. The van der Waals surface area contributed by atoms with Crippen molar-refractivity contribution in [1.82, 2.24) is 0 Å². The quantitative estimate of drug-likeness (QED) is 0.184. The van der Waals surface area contributed by atoms with Crippen LogP contribution in [0.1, 0.15) is 45.7 Å². The minimum atomic E-state index is -1.65. The minimum absolute atomic E-state index is 0.358. The van der Waals surface area contributed by atoms with Gasteiger partial charge in [0.05, 0.1) is 17.3 Å². The zero-order valence-corrected chi connectivity index (χ0v) is 25.8. The fourth-order valence-corrected chi connectivity index (χ4v) is 9.27. The third-order valence-corrected chi connectivity index (χ3v) is 10.8. The standard InChI is InChI=1S/C37H23Cl3N2O3/c38-21-9-8-12-24(19-21)41-34(43)36-31-25-13-4-6-15-27(25)32(28-16-7-5-14-26(28)31)37(36,35(41)44)45-42(23-10-2-1-3-11-23)33(36)29-18-17-22(39)20-30(29)40/h1-20,31-33H. The summed E-state index contributed by atoms with van der Waals surface area (Å²) in [4.78, 5) is 39.6. The van der Waals surface area contributed by atoms with Gasteiger partial charge in [0.1, 0.15) is 11.5 Å². The number of hydrogen-bond acceptors (Lipinski definition) is 4. The first-order valence-electron chi connectivity index (χ1n) is 14.7. The largest absolute Gasteiger partial charge is 0.273 e. The molecule has 5 aromatic rings. The Bertz CT molecular complexity index is 2040. The van der Waals surface area contributed by atoms with Crippen LogP contribution < -0.4 is 9.96 Å². The van der Waals surface area contributed by atoms with Gasteiger partial charge in [-0.3, -0.25) is 14.4 Å². The Labute approximate surface area is 274 Å². The molecule has 0 radical (unpaired) electrons. The van der Waals surface area contributed by atoms with Gasteiger partial charge in [0.2, 0.25) is 11.5 Å². The first-order chi connectivity index (χ1) is 21.9. The fourth-order valence-electron chi connectivity index (χ4n) is 8.58. The molecule has 2 aliphatic heterocycles. The molecule has 2 amide bonds. The zero-order chi connectivity index (χ0) is 30.7. The average Bonchev–Trinajstić information content (AvgIpc) is 3.48. The molecule has 3 unspecified atom stereocenters. The number of hydrogen-bond donors (Lipinski definition) is 0. The van der Waals surface area contributed by atoms with Crippen LogP contribution in [-0.4, -0.2) is 17.4 Å². The van der Waals surface area contributed by atoms with Gasteiger partial charge in [-0.25, -0.2) is 9.96 Å². The molecule has 3 aliphatic carbocycles. The van der Waals surface area contributed by atoms with E-state index < -0.39 is 34.8 Å². The van der Waals surface area contributed by atoms with Crippen molar-refractivity contribution in [3.63, 3.8) is 0 Å². The number of imide groups is 1. The smallest absolute Gasteiger partial charge is 0.271 e. The van der Waals surface area contributed by atoms with Gasteiger partial charge in [-0.05, 0) is 70.3 Å². The third-order valence-electron chi connectivity index (χ3n) is 10.0. The average molecular weight is 650 g/mol. The van der Waals surface area contributed by atoms with E-state index in [2.05, 4.69) is 24.3 Å². The topological polar surface area (TPSA) is 49.9 Å². The van der Waals surface area contributed by atoms with E-state index in [1.807, 2.05) is 60.7 Å². The molecule has 2 heterocycles. The number of nitrogens with zero attached hydrogens (tertiary/aromatic N) is 2. The first kappa shape index (κ1) is 27.2. The third kappa shape index (κ3) is 3.24. The molecule has 0 saturated carbocycles. The van der Waals surface area contributed by atoms with Crippen LogP contribution in [0.15, 0.2) is 121 Å². The molecule has 2 bridgehead atoms. The summed E-state index contributed by atoms with van der Waals surface area (Å²) in [5.74, 6) is -1.91. The van der Waals surface area contributed by atoms with E-state index in [0.717, 1.165) is 22.3 Å². The highest BCUT2D eigenvalue weighted by Gasteiger charge is 2.88. The van der Waals surface area contributed by atoms with Crippen molar-refractivity contribution in [3.8, 4) is 0 Å². The van der Waals surface area contributed by atoms with Crippen LogP contribution in [0.2, 0.25) is 15.1 Å². The van der Waals surface area contributed by atoms with Crippen LogP contribution in [0, 0.1) is 5.41 Å². The van der Waals surface area contributed by atoms with Crippen LogP contribution in [-0.2, 0) is 14.4 Å². The van der Waals surface area contributed by atoms with Crippen molar-refractivity contribution < 1.29 is 14.4 Å². The summed E-state index contributed by atoms with van der Waals surface area (Å²) >= 11 is 19.9. The van der Waals surface area contributed by atoms with Gasteiger partial charge in [-0.15, -0.1) is 0 Å². The summed E-state index contributed by atoms with van der Waals surface area (Å²) in [6, 6.07) is 37.1. The summed E-state index contributed by atoms with van der Waals surface area (Å²) < 4.78 is 0. The van der Waals surface area contributed by atoms with Gasteiger partial charge in [-0.1, -0.05) is 114 Å². The summed E-state index contributed by atoms with van der Waals surface area (Å²) in [7, 11) is 0. The highest BCUT2D eigenvalue weighted by Crippen LogP contribution is 2.78. The molecule has 45 heavy (non-hydrogen) atoms. The Hall–Kier alpha value is -4.13. The second-order valence-corrected chi connectivity index (χ2v) is 13.3. The number of halogens is 3. The molecule has 0 N–H and O–H groups in total. The van der Waals surface area contributed by atoms with E-state index in [-0.39, 0.29) is 5.91 Å². The number of amides is 2. The number of carbonyl (C=O) groups excluding carboxylic acids is 2. The number of para-hydroxylation sites is 1. The molecule has 2 fully saturated rings. The van der Waals surface area contributed by atoms with Crippen molar-refractivity contribution in [3.05, 3.63) is 164 Å². The number of anilines is 2. The van der Waals surface area contributed by atoms with Crippen molar-refractivity contribution in [1.29, 1.82) is 0 Å². The lowest BCUT2D eigenvalue weighted by Crippen LogP contribution is -2.63. The van der Waals surface area contributed by atoms with E-state index in [4.69, 9.17) is 39.6 Å². The normalized spacial score (nSPS) is 27.3. The Kier molecular flexibility index (Phi) is 5.71. The fraction of sp³-hybridized carbons (Fsp3) is 0.135. The second-order valence-electron chi connectivity index (χ2n) is 12.0. The Morgan fingerprint density at radius 3 is 1.76 bits per heavy atom. The number of rotatable bonds is 3. The summed E-state index contributed by atoms with van der Waals surface area (Å²) in [6.07, 6.45) is 0. The van der Waals surface area contributed by atoms with Crippen LogP contribution in [0.3, 0.4) is 0 Å². The number of benzene rings is 5. The van der Waals surface area contributed by atoms with Crippen molar-refractivity contribution in [2.24, 2.45) is 5.41 Å². The molecular weight excluding hydrogens is 627 g/mol. The molecule has 5 aliphatic rings. The maximum absolute atomic E-state index is 15.7. The maximum Gasteiger partial charge on any atom is 0.271 e. The second kappa shape index (κ2) is 9.44. The predicted molar refractivity (Wildman–Crippen MR) is 175 cm³/mol. The van der Waals surface area contributed by atoms with E-state index in [0.29, 0.717) is 32.0 Å². The first-order valence-corrected chi connectivity index (χ1v) is 15.8. The molecule has 0 aromatic heterocycles. The number of hydroxylamine groups is 1. The molecule has 5 aromatic carbocycles. The van der Waals surface area contributed by atoms with E-state index >= 15 is 9.59 Å². The highest BCUT2D eigenvalue weighted by molar-refractivity contribution is 6.35. The Morgan fingerprint density at radius 1 is 0.556 bits per heavy atom. The Morgan fingerprint density at radius 2 is 1.13 bits per heavy atom. The van der Waals surface area contributed by atoms with Crippen LogP contribution in [0.5, 0.6) is 0 Å². The highest BCUT2D eigenvalue weighted by atomic mass is 35.5. The molecule has 3 atom stereocenters. The van der Waals surface area contributed by atoms with E-state index in [9.17, 15) is 0 Å². The molecular formula is C37H23Cl3N2O3. The maximum atomic E-state index is 15.7. The van der Waals surface area contributed by atoms with Crippen molar-refractivity contribution >= 4 is 58.0 Å². The van der Waals surface area contributed by atoms with Crippen molar-refractivity contribution in [2.75, 3.05) is 9.96 Å². The van der Waals surface area contributed by atoms with Gasteiger partial charge in [0, 0.05) is 21.0 Å². The summed E-state index contributed by atoms with van der Waals surface area (Å²) in [5, 5.41) is 3.01. The molecule has 8 heteroatoms. The van der Waals surface area contributed by atoms with E-state index in [1.165, 1.54) is 4.90 Å². The van der Waals surface area contributed by atoms with E-state index in [1.54, 1.807) is 41.5 Å². The molecule has 220 valence electrons. The Balaban J connectivity index is 1.45. The summed E-state index contributed by atoms with van der Waals surface area (Å²) in [6.45, 7) is 0. The summed E-state index contributed by atoms with van der Waals surface area (Å²) in [5.41, 5.74) is 2.57. The lowest BCUT2D eigenvalue weighted by atomic mass is 9.43. The van der Waals surface area contributed by atoms with Crippen LogP contribution in [0.25, 0.3) is 0 Å². The monoisotopic (exact) mass is 648 g/mol. The molecule has 5 nitrogen and oxygen atoms in total. The van der Waals surface area contributed by atoms with Gasteiger partial charge in [0.25, 0.3) is 5.91 Å². The van der Waals surface area contributed by atoms with Gasteiger partial charge < -0.3 is 0 Å². The molecule has 10 rings (SSSR count). The van der Waals surface area contributed by atoms with Gasteiger partial charge >= 0.3 is 0 Å². The van der Waals surface area contributed by atoms with Gasteiger partial charge in [-0.2, -0.15) is 0 Å². The molecule has 0 spiro atoms. The van der Waals surface area contributed by atoms with Gasteiger partial charge in [0.15, 0.2) is 0 Å². The predicted octanol–water partition coefficient (Wildman–Crippen LogP) is 8.73. The number of carbonyl (C=O) groups is 2. The SMILES string of the molecule is O=C1N(c2cccc(Cl)c2)C(=O)C23C4c5ccccc5C(c5ccccc54)C12ON(c1ccccc1)C3c1ccc(Cl)cc1Cl. The minimum Gasteiger partial charge on any atom is -0.273 e. The zero-order valence-electron chi connectivity index (χ0n) is 23.5.